The van der Waals surface area contributed by atoms with Crippen LogP contribution in [0.2, 0.25) is 0 Å². The summed E-state index contributed by atoms with van der Waals surface area (Å²) in [5, 5.41) is 0. The van der Waals surface area contributed by atoms with E-state index in [0.29, 0.717) is 24.9 Å². The molecule has 1 saturated heterocycles. The van der Waals surface area contributed by atoms with Crippen LogP contribution in [0, 0.1) is 11.8 Å². The Morgan fingerprint density at radius 3 is 2.50 bits per heavy atom. The van der Waals surface area contributed by atoms with E-state index in [1.807, 2.05) is 0 Å². The molecule has 5 aliphatic rings. The van der Waals surface area contributed by atoms with Crippen molar-refractivity contribution in [1.82, 2.24) is 0 Å². The molecule has 0 amide bonds. The third kappa shape index (κ3) is 2.35. The predicted octanol–water partition coefficient (Wildman–Crippen LogP) is 2.14. The summed E-state index contributed by atoms with van der Waals surface area (Å²) in [5.74, 6) is 0.591. The van der Waals surface area contributed by atoms with Gasteiger partial charge in [0.25, 0.3) is 0 Å². The molecule has 3 unspecified atom stereocenters. The summed E-state index contributed by atoms with van der Waals surface area (Å²) in [6, 6.07) is 0. The second-order valence-electron chi connectivity index (χ2n) is 7.58. The van der Waals surface area contributed by atoms with E-state index < -0.39 is 5.60 Å². The number of hydrogen-bond acceptors (Lipinski definition) is 5. The number of ether oxygens (including phenoxy) is 3. The molecule has 4 bridgehead atoms. The zero-order chi connectivity index (χ0) is 15.4. The minimum absolute atomic E-state index is 0.143. The van der Waals surface area contributed by atoms with E-state index in [0.717, 1.165) is 32.1 Å². The molecule has 4 aliphatic carbocycles. The molecule has 1 heterocycles. The van der Waals surface area contributed by atoms with E-state index in [2.05, 4.69) is 6.58 Å². The average molecular weight is 306 g/mol. The van der Waals surface area contributed by atoms with Crippen LogP contribution in [-0.2, 0) is 23.8 Å². The quantitative estimate of drug-likeness (QED) is 0.588. The maximum absolute atomic E-state index is 11.7. The van der Waals surface area contributed by atoms with Crippen LogP contribution in [0.15, 0.2) is 12.7 Å². The predicted molar refractivity (Wildman–Crippen MR) is 76.9 cm³/mol. The van der Waals surface area contributed by atoms with Crippen molar-refractivity contribution in [3.63, 3.8) is 0 Å². The van der Waals surface area contributed by atoms with Crippen molar-refractivity contribution in [2.24, 2.45) is 11.8 Å². The molecule has 0 N–H and O–H groups in total. The summed E-state index contributed by atoms with van der Waals surface area (Å²) in [6.45, 7) is 3.86. The molecule has 0 radical (unpaired) electrons. The Bertz CT molecular complexity index is 511. The highest BCUT2D eigenvalue weighted by Gasteiger charge is 2.61. The maximum Gasteiger partial charge on any atom is 0.330 e. The van der Waals surface area contributed by atoms with E-state index >= 15 is 0 Å². The molecule has 0 aromatic rings. The van der Waals surface area contributed by atoms with Crippen LogP contribution in [0.4, 0.5) is 0 Å². The van der Waals surface area contributed by atoms with Crippen molar-refractivity contribution in [3.8, 4) is 0 Å². The molecule has 5 nitrogen and oxygen atoms in total. The standard InChI is InChI=1S/C17H22O5/c1-2-14(18)22-17-7-11-3-12(8-17)6-16(5-11,10-17)21-13-4-15(19)20-9-13/h2,11-13H,1,3-10H2. The van der Waals surface area contributed by atoms with Crippen molar-refractivity contribution in [2.75, 3.05) is 6.61 Å². The van der Waals surface area contributed by atoms with Crippen LogP contribution in [0.1, 0.15) is 44.9 Å². The zero-order valence-corrected chi connectivity index (χ0v) is 12.7. The van der Waals surface area contributed by atoms with Gasteiger partial charge in [-0.3, -0.25) is 4.79 Å². The van der Waals surface area contributed by atoms with E-state index in [9.17, 15) is 9.59 Å². The molecular formula is C17H22O5. The van der Waals surface area contributed by atoms with Gasteiger partial charge in [0.15, 0.2) is 0 Å². The fourth-order valence-corrected chi connectivity index (χ4v) is 5.53. The molecule has 5 fully saturated rings. The Morgan fingerprint density at radius 2 is 1.91 bits per heavy atom. The van der Waals surface area contributed by atoms with Crippen LogP contribution < -0.4 is 0 Å². The van der Waals surface area contributed by atoms with Crippen molar-refractivity contribution < 1.29 is 23.8 Å². The number of rotatable bonds is 4. The van der Waals surface area contributed by atoms with Gasteiger partial charge in [0.2, 0.25) is 0 Å². The zero-order valence-electron chi connectivity index (χ0n) is 12.7. The highest BCUT2D eigenvalue weighted by Crippen LogP contribution is 2.60. The summed E-state index contributed by atoms with van der Waals surface area (Å²) in [6.07, 6.45) is 7.31. The van der Waals surface area contributed by atoms with Gasteiger partial charge in [0.1, 0.15) is 18.3 Å². The molecule has 3 atom stereocenters. The molecule has 5 rings (SSSR count). The van der Waals surface area contributed by atoms with Gasteiger partial charge >= 0.3 is 11.9 Å². The molecule has 5 heteroatoms. The molecule has 22 heavy (non-hydrogen) atoms. The Labute approximate surface area is 130 Å². The SMILES string of the molecule is C=CC(=O)OC12CC3CC(C1)CC(OC1COC(=O)C1)(C3)C2. The lowest BCUT2D eigenvalue weighted by Gasteiger charge is -2.61. The van der Waals surface area contributed by atoms with Crippen molar-refractivity contribution in [2.45, 2.75) is 62.3 Å². The van der Waals surface area contributed by atoms with Crippen LogP contribution >= 0.6 is 0 Å². The Morgan fingerprint density at radius 1 is 1.23 bits per heavy atom. The minimum Gasteiger partial charge on any atom is -0.463 e. The smallest absolute Gasteiger partial charge is 0.330 e. The van der Waals surface area contributed by atoms with Gasteiger partial charge in [-0.1, -0.05) is 6.58 Å². The second kappa shape index (κ2) is 4.82. The Balaban J connectivity index is 1.54. The molecule has 1 aliphatic heterocycles. The second-order valence-corrected chi connectivity index (χ2v) is 7.58. The fraction of sp³-hybridized carbons (Fsp3) is 0.765. The minimum atomic E-state index is -0.390. The number of cyclic esters (lactones) is 1. The van der Waals surface area contributed by atoms with Crippen LogP contribution in [-0.4, -0.2) is 35.9 Å². The van der Waals surface area contributed by atoms with Crippen LogP contribution in [0.5, 0.6) is 0 Å². The van der Waals surface area contributed by atoms with E-state index in [1.165, 1.54) is 12.5 Å². The monoisotopic (exact) mass is 306 g/mol. The van der Waals surface area contributed by atoms with Gasteiger partial charge in [-0.25, -0.2) is 4.79 Å². The first kappa shape index (κ1) is 14.2. The highest BCUT2D eigenvalue weighted by atomic mass is 16.6. The first-order valence-corrected chi connectivity index (χ1v) is 8.19. The Kier molecular flexibility index (Phi) is 3.12. The molecule has 0 aromatic carbocycles. The third-order valence-electron chi connectivity index (χ3n) is 5.68. The van der Waals surface area contributed by atoms with Gasteiger partial charge in [-0.05, 0) is 43.9 Å². The first-order valence-electron chi connectivity index (χ1n) is 8.19. The topological polar surface area (TPSA) is 61.8 Å². The van der Waals surface area contributed by atoms with E-state index in [4.69, 9.17) is 14.2 Å². The lowest BCUT2D eigenvalue weighted by atomic mass is 9.52. The summed E-state index contributed by atoms with van der Waals surface area (Å²) in [5.41, 5.74) is -0.636. The van der Waals surface area contributed by atoms with Gasteiger partial charge < -0.3 is 14.2 Å². The average Bonchev–Trinajstić information content (AvgIpc) is 2.81. The number of carbonyl (C=O) groups is 2. The molecular weight excluding hydrogens is 284 g/mol. The third-order valence-corrected chi connectivity index (χ3v) is 5.68. The van der Waals surface area contributed by atoms with Crippen molar-refractivity contribution >= 4 is 11.9 Å². The number of carbonyl (C=O) groups excluding carboxylic acids is 2. The van der Waals surface area contributed by atoms with Gasteiger partial charge in [-0.2, -0.15) is 0 Å². The lowest BCUT2D eigenvalue weighted by Crippen LogP contribution is -2.62. The normalized spacial score (nSPS) is 45.6. The first-order chi connectivity index (χ1) is 10.5. The van der Waals surface area contributed by atoms with Gasteiger partial charge in [-0.15, -0.1) is 0 Å². The van der Waals surface area contributed by atoms with Crippen LogP contribution in [0.25, 0.3) is 0 Å². The Hall–Kier alpha value is -1.36. The molecule has 120 valence electrons. The number of hydrogen-bond donors (Lipinski definition) is 0. The highest BCUT2D eigenvalue weighted by molar-refractivity contribution is 5.81. The van der Waals surface area contributed by atoms with Crippen LogP contribution in [0.3, 0.4) is 0 Å². The summed E-state index contributed by atoms with van der Waals surface area (Å²) >= 11 is 0. The van der Waals surface area contributed by atoms with E-state index in [-0.39, 0.29) is 23.6 Å². The summed E-state index contributed by atoms with van der Waals surface area (Å²) in [7, 11) is 0. The number of esters is 2. The van der Waals surface area contributed by atoms with E-state index in [1.54, 1.807) is 0 Å². The molecule has 0 aromatic heterocycles. The maximum atomic E-state index is 11.7. The summed E-state index contributed by atoms with van der Waals surface area (Å²) < 4.78 is 17.2. The van der Waals surface area contributed by atoms with Crippen molar-refractivity contribution in [1.29, 1.82) is 0 Å². The van der Waals surface area contributed by atoms with Gasteiger partial charge in [0.05, 0.1) is 12.0 Å². The van der Waals surface area contributed by atoms with Gasteiger partial charge in [0, 0.05) is 12.5 Å². The largest absolute Gasteiger partial charge is 0.463 e. The summed E-state index contributed by atoms with van der Waals surface area (Å²) in [4.78, 5) is 23.0. The molecule has 0 spiro atoms. The lowest BCUT2D eigenvalue weighted by molar-refractivity contribution is -0.242. The fourth-order valence-electron chi connectivity index (χ4n) is 5.53. The molecule has 4 saturated carbocycles. The van der Waals surface area contributed by atoms with Crippen molar-refractivity contribution in [3.05, 3.63) is 12.7 Å².